The lowest BCUT2D eigenvalue weighted by Gasteiger charge is -2.10. The Kier molecular flexibility index (Phi) is 3.61. The van der Waals surface area contributed by atoms with Gasteiger partial charge in [-0.1, -0.05) is 42.5 Å². The zero-order chi connectivity index (χ0) is 13.8. The van der Waals surface area contributed by atoms with Crippen LogP contribution in [0, 0.1) is 6.92 Å². The molecule has 2 aromatic carbocycles. The smallest absolute Gasteiger partial charge is 0.449 e. The predicted octanol–water partition coefficient (Wildman–Crippen LogP) is 3.28. The fourth-order valence-corrected chi connectivity index (χ4v) is 1.84. The maximum atomic E-state index is 12.4. The molecule has 0 aromatic heterocycles. The van der Waals surface area contributed by atoms with E-state index in [-0.39, 0.29) is 17.1 Å². The van der Waals surface area contributed by atoms with Gasteiger partial charge in [-0.05, 0) is 18.6 Å². The lowest BCUT2D eigenvalue weighted by molar-refractivity contribution is 0.103. The van der Waals surface area contributed by atoms with Gasteiger partial charge in [-0.25, -0.2) is 4.79 Å². The van der Waals surface area contributed by atoms with Crippen LogP contribution in [0.3, 0.4) is 0 Å². The number of benzene rings is 2. The Hall–Kier alpha value is -2.62. The molecular weight excluding hydrogens is 244 g/mol. The van der Waals surface area contributed by atoms with Crippen LogP contribution < -0.4 is 4.74 Å². The molecule has 96 valence electrons. The molecule has 1 N–H and O–H groups in total. The molecular formula is C15H12O4. The van der Waals surface area contributed by atoms with Gasteiger partial charge >= 0.3 is 6.16 Å². The third-order valence-electron chi connectivity index (χ3n) is 2.69. The Morgan fingerprint density at radius 3 is 2.32 bits per heavy atom. The van der Waals surface area contributed by atoms with Crippen molar-refractivity contribution in [3.05, 3.63) is 65.2 Å². The summed E-state index contributed by atoms with van der Waals surface area (Å²) in [5, 5.41) is 8.70. The van der Waals surface area contributed by atoms with E-state index in [4.69, 9.17) is 5.11 Å². The van der Waals surface area contributed by atoms with E-state index in [0.29, 0.717) is 11.1 Å². The number of hydrogen-bond acceptors (Lipinski definition) is 3. The molecule has 0 aliphatic carbocycles. The number of hydrogen-bond donors (Lipinski definition) is 1. The van der Waals surface area contributed by atoms with Crippen LogP contribution in [-0.2, 0) is 0 Å². The molecule has 0 heterocycles. The number of ketones is 1. The van der Waals surface area contributed by atoms with E-state index in [1.807, 2.05) is 6.07 Å². The molecule has 0 radical (unpaired) electrons. The maximum Gasteiger partial charge on any atom is 0.511 e. The summed E-state index contributed by atoms with van der Waals surface area (Å²) in [6, 6.07) is 13.5. The van der Waals surface area contributed by atoms with Crippen molar-refractivity contribution in [2.24, 2.45) is 0 Å². The van der Waals surface area contributed by atoms with Gasteiger partial charge in [-0.2, -0.15) is 0 Å². The van der Waals surface area contributed by atoms with Crippen molar-refractivity contribution in [1.82, 2.24) is 0 Å². The molecule has 0 aliphatic rings. The number of carbonyl (C=O) groups excluding carboxylic acids is 1. The summed E-state index contributed by atoms with van der Waals surface area (Å²) < 4.78 is 4.66. The molecule has 0 unspecified atom stereocenters. The standard InChI is InChI=1S/C15H12O4/c1-10-6-5-9-12(19-15(17)18)13(10)14(16)11-7-3-2-4-8-11/h2-9H,1H3,(H,17,18). The number of rotatable bonds is 3. The van der Waals surface area contributed by atoms with Gasteiger partial charge in [0.05, 0.1) is 5.56 Å². The topological polar surface area (TPSA) is 63.6 Å². The lowest BCUT2D eigenvalue weighted by Crippen LogP contribution is -2.10. The zero-order valence-electron chi connectivity index (χ0n) is 10.3. The Balaban J connectivity index is 2.49. The molecule has 19 heavy (non-hydrogen) atoms. The summed E-state index contributed by atoms with van der Waals surface area (Å²) in [7, 11) is 0. The van der Waals surface area contributed by atoms with Crippen LogP contribution in [0.1, 0.15) is 21.5 Å². The van der Waals surface area contributed by atoms with Crippen LogP contribution >= 0.6 is 0 Å². The molecule has 4 heteroatoms. The van der Waals surface area contributed by atoms with Gasteiger partial charge in [0.1, 0.15) is 5.75 Å². The SMILES string of the molecule is Cc1cccc(OC(=O)O)c1C(=O)c1ccccc1. The third kappa shape index (κ3) is 2.80. The largest absolute Gasteiger partial charge is 0.511 e. The number of carboxylic acid groups (broad SMARTS) is 1. The van der Waals surface area contributed by atoms with Gasteiger partial charge in [0.2, 0.25) is 0 Å². The zero-order valence-corrected chi connectivity index (χ0v) is 10.3. The summed E-state index contributed by atoms with van der Waals surface area (Å²) in [5.74, 6) is -0.198. The molecule has 0 atom stereocenters. The first-order valence-corrected chi connectivity index (χ1v) is 5.69. The van der Waals surface area contributed by atoms with Crippen LogP contribution in [0.25, 0.3) is 0 Å². The van der Waals surface area contributed by atoms with Crippen molar-refractivity contribution in [2.75, 3.05) is 0 Å². The average Bonchev–Trinajstić information content (AvgIpc) is 2.38. The monoisotopic (exact) mass is 256 g/mol. The molecule has 2 aromatic rings. The highest BCUT2D eigenvalue weighted by atomic mass is 16.7. The van der Waals surface area contributed by atoms with Crippen molar-refractivity contribution in [3.63, 3.8) is 0 Å². The van der Waals surface area contributed by atoms with Crippen LogP contribution in [0.15, 0.2) is 48.5 Å². The molecule has 0 saturated heterocycles. The molecule has 2 rings (SSSR count). The van der Waals surface area contributed by atoms with Crippen molar-refractivity contribution < 1.29 is 19.4 Å². The fraction of sp³-hybridized carbons (Fsp3) is 0.0667. The lowest BCUT2D eigenvalue weighted by atomic mass is 9.98. The molecule has 0 spiro atoms. The predicted molar refractivity (Wildman–Crippen MR) is 69.7 cm³/mol. The Morgan fingerprint density at radius 1 is 1.00 bits per heavy atom. The van der Waals surface area contributed by atoms with E-state index in [1.54, 1.807) is 43.3 Å². The van der Waals surface area contributed by atoms with Crippen LogP contribution in [0.2, 0.25) is 0 Å². The third-order valence-corrected chi connectivity index (χ3v) is 2.69. The minimum atomic E-state index is -1.44. The summed E-state index contributed by atoms with van der Waals surface area (Å²) in [6.45, 7) is 1.74. The van der Waals surface area contributed by atoms with E-state index in [9.17, 15) is 9.59 Å². The van der Waals surface area contributed by atoms with Crippen LogP contribution in [0.5, 0.6) is 5.75 Å². The first-order chi connectivity index (χ1) is 9.09. The quantitative estimate of drug-likeness (QED) is 0.520. The van der Waals surface area contributed by atoms with E-state index in [0.717, 1.165) is 0 Å². The average molecular weight is 256 g/mol. The Morgan fingerprint density at radius 2 is 1.68 bits per heavy atom. The summed E-state index contributed by atoms with van der Waals surface area (Å²) in [6.07, 6.45) is -1.44. The van der Waals surface area contributed by atoms with Crippen molar-refractivity contribution in [3.8, 4) is 5.75 Å². The molecule has 0 fully saturated rings. The summed E-state index contributed by atoms with van der Waals surface area (Å²) >= 11 is 0. The number of aryl methyl sites for hydroxylation is 1. The van der Waals surface area contributed by atoms with Gasteiger partial charge in [0, 0.05) is 5.56 Å². The minimum absolute atomic E-state index is 0.0568. The fourth-order valence-electron chi connectivity index (χ4n) is 1.84. The molecule has 0 bridgehead atoms. The first-order valence-electron chi connectivity index (χ1n) is 5.69. The highest BCUT2D eigenvalue weighted by molar-refractivity contribution is 6.11. The highest BCUT2D eigenvalue weighted by Crippen LogP contribution is 2.25. The summed E-state index contributed by atoms with van der Waals surface area (Å²) in [5.41, 5.74) is 1.44. The van der Waals surface area contributed by atoms with Crippen molar-refractivity contribution >= 4 is 11.9 Å². The highest BCUT2D eigenvalue weighted by Gasteiger charge is 2.18. The second-order valence-electron chi connectivity index (χ2n) is 4.01. The van der Waals surface area contributed by atoms with Crippen molar-refractivity contribution in [2.45, 2.75) is 6.92 Å². The van der Waals surface area contributed by atoms with Gasteiger partial charge in [0.25, 0.3) is 0 Å². The van der Waals surface area contributed by atoms with E-state index >= 15 is 0 Å². The van der Waals surface area contributed by atoms with Gasteiger partial charge < -0.3 is 9.84 Å². The minimum Gasteiger partial charge on any atom is -0.449 e. The maximum absolute atomic E-state index is 12.4. The molecule has 0 aliphatic heterocycles. The second-order valence-corrected chi connectivity index (χ2v) is 4.01. The summed E-state index contributed by atoms with van der Waals surface area (Å²) in [4.78, 5) is 23.1. The van der Waals surface area contributed by atoms with Gasteiger partial charge in [-0.3, -0.25) is 4.79 Å². The van der Waals surface area contributed by atoms with Gasteiger partial charge in [0.15, 0.2) is 5.78 Å². The number of carbonyl (C=O) groups is 2. The second kappa shape index (κ2) is 5.35. The van der Waals surface area contributed by atoms with E-state index < -0.39 is 6.16 Å². The van der Waals surface area contributed by atoms with Gasteiger partial charge in [-0.15, -0.1) is 0 Å². The number of ether oxygens (including phenoxy) is 1. The Bertz CT molecular complexity index is 617. The molecule has 4 nitrogen and oxygen atoms in total. The van der Waals surface area contributed by atoms with E-state index in [1.165, 1.54) is 6.07 Å². The Labute approximate surface area is 110 Å². The van der Waals surface area contributed by atoms with Crippen LogP contribution in [-0.4, -0.2) is 17.0 Å². The first kappa shape index (κ1) is 12.8. The molecule has 0 amide bonds. The molecule has 0 saturated carbocycles. The van der Waals surface area contributed by atoms with Crippen LogP contribution in [0.4, 0.5) is 4.79 Å². The van der Waals surface area contributed by atoms with Crippen molar-refractivity contribution in [1.29, 1.82) is 0 Å². The normalized spacial score (nSPS) is 9.95. The van der Waals surface area contributed by atoms with E-state index in [2.05, 4.69) is 4.74 Å².